The minimum Gasteiger partial charge on any atom is -0.369 e. The molecule has 2 aromatic rings. The van der Waals surface area contributed by atoms with E-state index in [1.165, 1.54) is 0 Å². The molecule has 0 bridgehead atoms. The van der Waals surface area contributed by atoms with Crippen LogP contribution in [0.5, 0.6) is 0 Å². The molecule has 28 heavy (non-hydrogen) atoms. The first-order valence-electron chi connectivity index (χ1n) is 9.61. The molecule has 4 rings (SSSR count). The van der Waals surface area contributed by atoms with Crippen LogP contribution in [-0.2, 0) is 14.3 Å². The van der Waals surface area contributed by atoms with Gasteiger partial charge in [0.2, 0.25) is 0 Å². The van der Waals surface area contributed by atoms with Gasteiger partial charge in [0.05, 0.1) is 24.6 Å². The second-order valence-corrected chi connectivity index (χ2v) is 7.22. The number of Topliss-reactive ketones (excluding diaryl/α,β-unsaturated/α-hetero) is 1. The van der Waals surface area contributed by atoms with Crippen LogP contribution >= 0.6 is 0 Å². The number of rotatable bonds is 4. The molecule has 2 aliphatic rings. The Morgan fingerprint density at radius 1 is 0.964 bits per heavy atom. The highest BCUT2D eigenvalue weighted by molar-refractivity contribution is 6.46. The molecule has 0 radical (unpaired) electrons. The van der Waals surface area contributed by atoms with Gasteiger partial charge in [-0.25, -0.2) is 0 Å². The normalized spacial score (nSPS) is 18.2. The lowest BCUT2D eigenvalue weighted by atomic mass is 10.0. The highest BCUT2D eigenvalue weighted by Gasteiger charge is 2.40. The highest BCUT2D eigenvalue weighted by Crippen LogP contribution is 2.37. The summed E-state index contributed by atoms with van der Waals surface area (Å²) in [5.41, 5.74) is 3.03. The molecule has 146 valence electrons. The predicted molar refractivity (Wildman–Crippen MR) is 107 cm³/mol. The van der Waals surface area contributed by atoms with Crippen molar-refractivity contribution in [3.05, 3.63) is 59.7 Å². The number of anilines is 2. The summed E-state index contributed by atoms with van der Waals surface area (Å²) in [6.45, 7) is 4.83. The number of aryl methyl sites for hydroxylation is 1. The fourth-order valence-electron chi connectivity index (χ4n) is 3.94. The maximum Gasteiger partial charge on any atom is 0.296 e. The van der Waals surface area contributed by atoms with E-state index in [1.54, 1.807) is 24.3 Å². The van der Waals surface area contributed by atoms with Crippen LogP contribution < -0.4 is 10.2 Å². The number of carbonyl (C=O) groups is 2. The number of ketones is 1. The molecule has 6 heteroatoms. The zero-order valence-electron chi connectivity index (χ0n) is 15.9. The van der Waals surface area contributed by atoms with Gasteiger partial charge in [-0.2, -0.15) is 0 Å². The average molecular weight is 380 g/mol. The lowest BCUT2D eigenvalue weighted by Gasteiger charge is -2.39. The second-order valence-electron chi connectivity index (χ2n) is 7.22. The van der Waals surface area contributed by atoms with E-state index < -0.39 is 17.5 Å². The van der Waals surface area contributed by atoms with Crippen molar-refractivity contribution in [3.8, 4) is 0 Å². The van der Waals surface area contributed by atoms with Gasteiger partial charge in [0, 0.05) is 31.5 Å². The molecule has 1 N–H and O–H groups in total. The number of para-hydroxylation sites is 1. The Morgan fingerprint density at radius 2 is 1.64 bits per heavy atom. The van der Waals surface area contributed by atoms with Gasteiger partial charge in [-0.15, -0.1) is 0 Å². The van der Waals surface area contributed by atoms with Gasteiger partial charge in [0.15, 0.2) is 5.79 Å². The molecule has 0 aliphatic carbocycles. The third kappa shape index (κ3) is 3.66. The van der Waals surface area contributed by atoms with Crippen LogP contribution in [0.3, 0.4) is 0 Å². The second kappa shape index (κ2) is 7.73. The Bertz CT molecular complexity index is 865. The molecule has 2 aliphatic heterocycles. The van der Waals surface area contributed by atoms with E-state index in [2.05, 4.69) is 10.2 Å². The van der Waals surface area contributed by atoms with Crippen LogP contribution in [0.2, 0.25) is 0 Å². The molecule has 2 aromatic carbocycles. The number of piperidine rings is 1. The van der Waals surface area contributed by atoms with Gasteiger partial charge < -0.3 is 19.7 Å². The Labute approximate surface area is 164 Å². The zero-order valence-corrected chi connectivity index (χ0v) is 15.9. The SMILES string of the molecule is Cc1cccc(NC(=O)C(=O)c2ccccc2)c1N1CCC2(CC1)OCCO2. The topological polar surface area (TPSA) is 67.9 Å². The van der Waals surface area contributed by atoms with E-state index in [1.807, 2.05) is 31.2 Å². The predicted octanol–water partition coefficient (Wildman–Crippen LogP) is 3.16. The molecular formula is C22H24N2O4. The first-order valence-corrected chi connectivity index (χ1v) is 9.61. The molecule has 0 aromatic heterocycles. The van der Waals surface area contributed by atoms with Crippen molar-refractivity contribution < 1.29 is 19.1 Å². The minimum atomic E-state index is -0.631. The molecule has 0 saturated carbocycles. The maximum absolute atomic E-state index is 12.5. The third-order valence-corrected chi connectivity index (χ3v) is 5.38. The average Bonchev–Trinajstić information content (AvgIpc) is 3.17. The number of benzene rings is 2. The van der Waals surface area contributed by atoms with Gasteiger partial charge >= 0.3 is 0 Å². The number of hydrogen-bond acceptors (Lipinski definition) is 5. The first-order chi connectivity index (χ1) is 13.6. The van der Waals surface area contributed by atoms with Crippen LogP contribution in [0.4, 0.5) is 11.4 Å². The van der Waals surface area contributed by atoms with Gasteiger partial charge in [0.25, 0.3) is 11.7 Å². The molecule has 2 saturated heterocycles. The van der Waals surface area contributed by atoms with Crippen LogP contribution in [0.25, 0.3) is 0 Å². The zero-order chi connectivity index (χ0) is 19.6. The summed E-state index contributed by atoms with van der Waals surface area (Å²) in [7, 11) is 0. The fraction of sp³-hybridized carbons (Fsp3) is 0.364. The van der Waals surface area contributed by atoms with Crippen LogP contribution in [0, 0.1) is 6.92 Å². The van der Waals surface area contributed by atoms with Crippen LogP contribution in [0.1, 0.15) is 28.8 Å². The number of amides is 1. The van der Waals surface area contributed by atoms with Gasteiger partial charge in [0.1, 0.15) is 0 Å². The molecular weight excluding hydrogens is 356 g/mol. The van der Waals surface area contributed by atoms with Gasteiger partial charge in [-0.3, -0.25) is 9.59 Å². The molecule has 6 nitrogen and oxygen atoms in total. The standard InChI is InChI=1S/C22H24N2O4/c1-16-6-5-9-18(23-21(26)20(25)17-7-3-2-4-8-17)19(16)24-12-10-22(11-13-24)27-14-15-28-22/h2-9H,10-15H2,1H3,(H,23,26). The molecule has 2 fully saturated rings. The highest BCUT2D eigenvalue weighted by atomic mass is 16.7. The molecule has 1 amide bonds. The van der Waals surface area contributed by atoms with Crippen molar-refractivity contribution >= 4 is 23.1 Å². The summed E-state index contributed by atoms with van der Waals surface area (Å²) >= 11 is 0. The van der Waals surface area contributed by atoms with Crippen LogP contribution in [-0.4, -0.2) is 43.8 Å². The van der Waals surface area contributed by atoms with E-state index in [0.717, 1.165) is 37.2 Å². The first kappa shape index (κ1) is 18.7. The number of carbonyl (C=O) groups excluding carboxylic acids is 2. The quantitative estimate of drug-likeness (QED) is 0.652. The molecule has 0 unspecified atom stereocenters. The van der Waals surface area contributed by atoms with Gasteiger partial charge in [-0.05, 0) is 18.6 Å². The van der Waals surface area contributed by atoms with Crippen molar-refractivity contribution in [2.24, 2.45) is 0 Å². The Morgan fingerprint density at radius 3 is 2.32 bits per heavy atom. The van der Waals surface area contributed by atoms with Crippen molar-refractivity contribution in [1.29, 1.82) is 0 Å². The van der Waals surface area contributed by atoms with Crippen molar-refractivity contribution in [2.75, 3.05) is 36.5 Å². The summed E-state index contributed by atoms with van der Waals surface area (Å²) < 4.78 is 11.6. The van der Waals surface area contributed by atoms with Crippen molar-refractivity contribution in [3.63, 3.8) is 0 Å². The van der Waals surface area contributed by atoms with Crippen molar-refractivity contribution in [2.45, 2.75) is 25.6 Å². The summed E-state index contributed by atoms with van der Waals surface area (Å²) in [6.07, 6.45) is 1.55. The van der Waals surface area contributed by atoms with E-state index in [0.29, 0.717) is 24.5 Å². The monoisotopic (exact) mass is 380 g/mol. The number of hydrogen-bond donors (Lipinski definition) is 1. The minimum absolute atomic E-state index is 0.379. The summed E-state index contributed by atoms with van der Waals surface area (Å²) in [6, 6.07) is 14.3. The van der Waals surface area contributed by atoms with E-state index >= 15 is 0 Å². The Kier molecular flexibility index (Phi) is 5.15. The Hall–Kier alpha value is -2.70. The molecule has 1 spiro atoms. The van der Waals surface area contributed by atoms with E-state index in [4.69, 9.17) is 9.47 Å². The number of nitrogens with zero attached hydrogens (tertiary/aromatic N) is 1. The summed E-state index contributed by atoms with van der Waals surface area (Å²) in [4.78, 5) is 27.2. The number of nitrogens with one attached hydrogen (secondary N) is 1. The molecule has 0 atom stereocenters. The number of ether oxygens (including phenoxy) is 2. The van der Waals surface area contributed by atoms with E-state index in [-0.39, 0.29) is 0 Å². The Balaban J connectivity index is 1.52. The van der Waals surface area contributed by atoms with Crippen LogP contribution in [0.15, 0.2) is 48.5 Å². The lowest BCUT2D eigenvalue weighted by Crippen LogP contribution is -2.45. The lowest BCUT2D eigenvalue weighted by molar-refractivity contribution is -0.169. The maximum atomic E-state index is 12.5. The van der Waals surface area contributed by atoms with E-state index in [9.17, 15) is 9.59 Å². The van der Waals surface area contributed by atoms with Crippen molar-refractivity contribution in [1.82, 2.24) is 0 Å². The third-order valence-electron chi connectivity index (χ3n) is 5.38. The summed E-state index contributed by atoms with van der Waals surface area (Å²) in [5, 5.41) is 2.82. The molecule has 2 heterocycles. The smallest absolute Gasteiger partial charge is 0.296 e. The van der Waals surface area contributed by atoms with Gasteiger partial charge in [-0.1, -0.05) is 42.5 Å². The fourth-order valence-corrected chi connectivity index (χ4v) is 3.94. The summed E-state index contributed by atoms with van der Waals surface area (Å²) in [5.74, 6) is -1.63. The largest absolute Gasteiger partial charge is 0.369 e.